The van der Waals surface area contributed by atoms with Gasteiger partial charge in [-0.3, -0.25) is 0 Å². The van der Waals surface area contributed by atoms with Gasteiger partial charge in [-0.2, -0.15) is 16.7 Å². The van der Waals surface area contributed by atoms with Crippen LogP contribution in [-0.4, -0.2) is 83.5 Å². The predicted molar refractivity (Wildman–Crippen MR) is 154 cm³/mol. The highest BCUT2D eigenvalue weighted by atomic mass is 32.2. The van der Waals surface area contributed by atoms with E-state index >= 15 is 0 Å². The number of thioether (sulfide) groups is 1. The van der Waals surface area contributed by atoms with Crippen LogP contribution < -0.4 is 15.1 Å². The Balaban J connectivity index is 1.35. The summed E-state index contributed by atoms with van der Waals surface area (Å²) >= 11 is 1.90. The number of piperidine rings is 1. The Hall–Kier alpha value is -2.76. The predicted octanol–water partition coefficient (Wildman–Crippen LogP) is 4.91. The number of hydrogen-bond acceptors (Lipinski definition) is 9. The second-order valence-corrected chi connectivity index (χ2v) is 11.5. The van der Waals surface area contributed by atoms with Gasteiger partial charge in [0.2, 0.25) is 5.95 Å². The molecular weight excluding hydrogens is 522 g/mol. The molecule has 8 nitrogen and oxygen atoms in total. The molecule has 0 unspecified atom stereocenters. The number of alkyl halides is 2. The van der Waals surface area contributed by atoms with Crippen molar-refractivity contribution in [1.82, 2.24) is 15.0 Å². The number of hydrogen-bond donors (Lipinski definition) is 2. The third-order valence-corrected chi connectivity index (χ3v) is 8.16. The van der Waals surface area contributed by atoms with Crippen molar-refractivity contribution >= 4 is 45.8 Å². The molecule has 11 heteroatoms. The molecule has 2 aliphatic rings. The Morgan fingerprint density at radius 3 is 2.69 bits per heavy atom. The summed E-state index contributed by atoms with van der Waals surface area (Å²) in [6.07, 6.45) is 4.53. The Morgan fingerprint density at radius 2 is 1.97 bits per heavy atom. The summed E-state index contributed by atoms with van der Waals surface area (Å²) in [5, 5.41) is 14.4. The number of rotatable bonds is 10. The van der Waals surface area contributed by atoms with Crippen molar-refractivity contribution < 1.29 is 18.6 Å². The lowest BCUT2D eigenvalue weighted by Gasteiger charge is -2.41. The average Bonchev–Trinajstić information content (AvgIpc) is 2.89. The van der Waals surface area contributed by atoms with Crippen LogP contribution in [0.15, 0.2) is 36.7 Å². The number of anilines is 4. The van der Waals surface area contributed by atoms with E-state index in [0.29, 0.717) is 24.1 Å². The molecule has 210 valence electrons. The Bertz CT molecular complexity index is 1290. The van der Waals surface area contributed by atoms with E-state index in [9.17, 15) is 8.78 Å². The van der Waals surface area contributed by atoms with Gasteiger partial charge in [-0.1, -0.05) is 19.9 Å². The summed E-state index contributed by atoms with van der Waals surface area (Å²) in [5.41, 5.74) is 2.46. The van der Waals surface area contributed by atoms with E-state index in [0.717, 1.165) is 29.8 Å². The van der Waals surface area contributed by atoms with Crippen LogP contribution in [0, 0.1) is 5.92 Å². The van der Waals surface area contributed by atoms with Crippen LogP contribution in [-0.2, 0) is 4.74 Å². The molecule has 2 fully saturated rings. The number of pyridine rings is 1. The van der Waals surface area contributed by atoms with E-state index in [2.05, 4.69) is 52.4 Å². The molecular formula is C28H36F2N6O2S. The fourth-order valence-corrected chi connectivity index (χ4v) is 6.08. The summed E-state index contributed by atoms with van der Waals surface area (Å²) in [5.74, 6) is 0.517. The lowest BCUT2D eigenvalue weighted by Crippen LogP contribution is -2.53. The smallest absolute Gasteiger partial charge is 0.290 e. The maximum Gasteiger partial charge on any atom is 0.290 e. The van der Waals surface area contributed by atoms with Crippen LogP contribution in [0.5, 0.6) is 0 Å². The topological polar surface area (TPSA) is 86.6 Å². The van der Waals surface area contributed by atoms with E-state index in [1.165, 1.54) is 21.9 Å². The molecule has 4 heterocycles. The van der Waals surface area contributed by atoms with E-state index in [-0.39, 0.29) is 25.6 Å². The maximum atomic E-state index is 14.7. The summed E-state index contributed by atoms with van der Waals surface area (Å²) in [4.78, 5) is 17.3. The number of aromatic nitrogens is 3. The molecule has 0 radical (unpaired) electrons. The van der Waals surface area contributed by atoms with Gasteiger partial charge in [0.05, 0.1) is 19.8 Å². The molecule has 0 aliphatic carbocycles. The van der Waals surface area contributed by atoms with Crippen molar-refractivity contribution in [3.8, 4) is 0 Å². The first-order valence-electron chi connectivity index (χ1n) is 13.4. The first-order chi connectivity index (χ1) is 18.8. The number of fused-ring (bicyclic) bond motifs is 1. The average molecular weight is 559 g/mol. The molecule has 3 aromatic rings. The molecule has 0 amide bonds. The monoisotopic (exact) mass is 558 g/mol. The Labute approximate surface area is 232 Å². The molecule has 2 aliphatic heterocycles. The fraction of sp³-hybridized carbons (Fsp3) is 0.536. The van der Waals surface area contributed by atoms with Gasteiger partial charge in [-0.25, -0.2) is 18.7 Å². The van der Waals surface area contributed by atoms with Gasteiger partial charge in [0.25, 0.3) is 5.92 Å². The van der Waals surface area contributed by atoms with Crippen molar-refractivity contribution in [1.29, 1.82) is 0 Å². The molecule has 39 heavy (non-hydrogen) atoms. The number of benzene rings is 1. The molecule has 1 aromatic carbocycles. The Kier molecular flexibility index (Phi) is 8.39. The number of ether oxygens (including phenoxy) is 1. The van der Waals surface area contributed by atoms with Crippen molar-refractivity contribution in [2.75, 3.05) is 66.5 Å². The van der Waals surface area contributed by atoms with Gasteiger partial charge in [0.1, 0.15) is 17.7 Å². The van der Waals surface area contributed by atoms with Crippen LogP contribution >= 0.6 is 11.8 Å². The zero-order valence-corrected chi connectivity index (χ0v) is 23.4. The van der Waals surface area contributed by atoms with Gasteiger partial charge in [-0.15, -0.1) is 0 Å². The number of nitrogens with one attached hydrogen (secondary N) is 1. The number of aliphatic hydroxyl groups excluding tert-OH is 1. The third kappa shape index (κ3) is 6.05. The highest BCUT2D eigenvalue weighted by Gasteiger charge is 2.46. The summed E-state index contributed by atoms with van der Waals surface area (Å²) in [6.45, 7) is 5.89. The fourth-order valence-electron chi connectivity index (χ4n) is 5.39. The van der Waals surface area contributed by atoms with Gasteiger partial charge in [0, 0.05) is 49.0 Å². The molecule has 0 saturated carbocycles. The SMILES string of the molecule is CSCC1CN(c2ccc(C(C)C)c3cc(Nc4ccnc(N5CC[C@@H](OCCO)C(F)(F)C5)n4)ncc23)C1. The van der Waals surface area contributed by atoms with Crippen molar-refractivity contribution in [2.24, 2.45) is 5.92 Å². The number of halogens is 2. The van der Waals surface area contributed by atoms with E-state index in [1.807, 2.05) is 24.0 Å². The van der Waals surface area contributed by atoms with Crippen LogP contribution in [0.2, 0.25) is 0 Å². The van der Waals surface area contributed by atoms with Gasteiger partial charge in [0.15, 0.2) is 0 Å². The quantitative estimate of drug-likeness (QED) is 0.360. The second-order valence-electron chi connectivity index (χ2n) is 10.6. The summed E-state index contributed by atoms with van der Waals surface area (Å²) in [7, 11) is 0. The summed E-state index contributed by atoms with van der Waals surface area (Å²) in [6, 6.07) is 8.18. The van der Waals surface area contributed by atoms with Crippen molar-refractivity contribution in [2.45, 2.75) is 38.2 Å². The van der Waals surface area contributed by atoms with Crippen LogP contribution in [0.25, 0.3) is 10.8 Å². The summed E-state index contributed by atoms with van der Waals surface area (Å²) < 4.78 is 34.5. The highest BCUT2D eigenvalue weighted by molar-refractivity contribution is 7.98. The normalized spacial score (nSPS) is 19.5. The van der Waals surface area contributed by atoms with E-state index in [1.54, 1.807) is 12.3 Å². The van der Waals surface area contributed by atoms with Gasteiger partial charge in [-0.05, 0) is 53.5 Å². The van der Waals surface area contributed by atoms with Crippen molar-refractivity contribution in [3.05, 3.63) is 42.2 Å². The van der Waals surface area contributed by atoms with Crippen LogP contribution in [0.3, 0.4) is 0 Å². The first-order valence-corrected chi connectivity index (χ1v) is 14.8. The minimum absolute atomic E-state index is 0.106. The molecule has 0 spiro atoms. The van der Waals surface area contributed by atoms with Gasteiger partial charge >= 0.3 is 0 Å². The molecule has 1 atom stereocenters. The van der Waals surface area contributed by atoms with E-state index in [4.69, 9.17) is 14.8 Å². The van der Waals surface area contributed by atoms with Gasteiger partial charge < -0.3 is 25.0 Å². The highest BCUT2D eigenvalue weighted by Crippen LogP contribution is 2.37. The molecule has 2 aromatic heterocycles. The molecule has 0 bridgehead atoms. The molecule has 5 rings (SSSR count). The third-order valence-electron chi connectivity index (χ3n) is 7.36. The minimum Gasteiger partial charge on any atom is -0.394 e. The minimum atomic E-state index is -3.07. The zero-order chi connectivity index (χ0) is 27.6. The molecule has 2 N–H and O–H groups in total. The van der Waals surface area contributed by atoms with E-state index < -0.39 is 18.6 Å². The number of aliphatic hydroxyl groups is 1. The second kappa shape index (κ2) is 11.8. The Morgan fingerprint density at radius 1 is 1.15 bits per heavy atom. The largest absolute Gasteiger partial charge is 0.394 e. The van der Waals surface area contributed by atoms with Crippen LogP contribution in [0.1, 0.15) is 31.7 Å². The molecule has 2 saturated heterocycles. The lowest BCUT2D eigenvalue weighted by atomic mass is 9.93. The standard InChI is InChI=1S/C28H36F2N6O2S/c1-18(2)20-4-5-23(36-14-19(15-36)16-39-3)22-13-32-26(12-21(20)22)33-25-6-8-31-27(34-25)35-9-7-24(38-11-10-37)28(29,30)17-35/h4-6,8,12-13,18-19,24,37H,7,9-11,14-17H2,1-3H3,(H,31,32,33,34)/t24-/m1/s1. The maximum absolute atomic E-state index is 14.7. The number of nitrogens with zero attached hydrogens (tertiary/aromatic N) is 5. The lowest BCUT2D eigenvalue weighted by molar-refractivity contribution is -0.146. The van der Waals surface area contributed by atoms with Crippen molar-refractivity contribution in [3.63, 3.8) is 0 Å². The zero-order valence-electron chi connectivity index (χ0n) is 22.6. The first kappa shape index (κ1) is 27.8. The van der Waals surface area contributed by atoms with Crippen LogP contribution in [0.4, 0.5) is 32.1 Å².